The Balaban J connectivity index is 0.00000161. The molecule has 0 spiro atoms. The summed E-state index contributed by atoms with van der Waals surface area (Å²) in [6, 6.07) is 1.45. The Labute approximate surface area is 135 Å². The minimum atomic E-state index is 0. The summed E-state index contributed by atoms with van der Waals surface area (Å²) >= 11 is 0. The van der Waals surface area contributed by atoms with E-state index >= 15 is 0 Å². The molecule has 1 N–H and O–H groups in total. The lowest BCUT2D eigenvalue weighted by Crippen LogP contribution is -2.47. The fourth-order valence-electron chi connectivity index (χ4n) is 4.48. The van der Waals surface area contributed by atoms with E-state index in [1.165, 1.54) is 32.1 Å². The molecule has 0 bridgehead atoms. The summed E-state index contributed by atoms with van der Waals surface area (Å²) in [5, 5.41) is 3.31. The Kier molecular flexibility index (Phi) is 6.33. The maximum absolute atomic E-state index is 12.3. The van der Waals surface area contributed by atoms with Crippen molar-refractivity contribution in [1.29, 1.82) is 0 Å². The van der Waals surface area contributed by atoms with E-state index < -0.39 is 0 Å². The van der Waals surface area contributed by atoms with Gasteiger partial charge in [0.25, 0.3) is 0 Å². The molecule has 0 aromatic heterocycles. The Hall–Kier alpha value is -0.320. The average Bonchev–Trinajstić information content (AvgIpc) is 2.81. The topological polar surface area (TPSA) is 35.6 Å². The molecule has 3 fully saturated rings. The zero-order valence-corrected chi connectivity index (χ0v) is 14.0. The number of nitrogens with zero attached hydrogens (tertiary/aromatic N) is 2. The quantitative estimate of drug-likeness (QED) is 0.864. The summed E-state index contributed by atoms with van der Waals surface area (Å²) in [5.41, 5.74) is 0. The smallest absolute Gasteiger partial charge is 0.223 e. The normalized spacial score (nSPS) is 33.4. The number of amides is 1. The second-order valence-electron chi connectivity index (χ2n) is 6.82. The number of rotatable bonds is 3. The lowest BCUT2D eigenvalue weighted by Gasteiger charge is -2.34. The van der Waals surface area contributed by atoms with Gasteiger partial charge in [0.05, 0.1) is 0 Å². The minimum absolute atomic E-state index is 0. The fraction of sp³-hybridized carbons (Fsp3) is 0.938. The fourth-order valence-corrected chi connectivity index (χ4v) is 4.48. The lowest BCUT2D eigenvalue weighted by atomic mass is 9.85. The van der Waals surface area contributed by atoms with Crippen LogP contribution in [0.25, 0.3) is 0 Å². The van der Waals surface area contributed by atoms with Gasteiger partial charge < -0.3 is 10.2 Å². The van der Waals surface area contributed by atoms with Crippen LogP contribution in [0.3, 0.4) is 0 Å². The summed E-state index contributed by atoms with van der Waals surface area (Å²) in [6.45, 7) is 7.02. The molecule has 1 amide bonds. The Bertz CT molecular complexity index is 346. The van der Waals surface area contributed by atoms with Crippen molar-refractivity contribution in [2.75, 3.05) is 32.7 Å². The standard InChI is InChI=1S/C16H29N3O.ClH/c1-13-12-14-4-2-3-5-15(14)19(13)9-6-16(20)18-10-7-17-8-11-18;/h13-15,17H,2-12H2,1H3;1H. The first-order valence-electron chi connectivity index (χ1n) is 8.50. The van der Waals surface area contributed by atoms with Crippen LogP contribution in [0.5, 0.6) is 0 Å². The van der Waals surface area contributed by atoms with Gasteiger partial charge in [0, 0.05) is 51.2 Å². The van der Waals surface area contributed by atoms with Gasteiger partial charge in [0.2, 0.25) is 5.91 Å². The molecule has 4 nitrogen and oxygen atoms in total. The molecular formula is C16H30ClN3O. The second-order valence-corrected chi connectivity index (χ2v) is 6.82. The summed E-state index contributed by atoms with van der Waals surface area (Å²) in [5.74, 6) is 1.27. The molecule has 3 atom stereocenters. The number of carbonyl (C=O) groups is 1. The van der Waals surface area contributed by atoms with Gasteiger partial charge in [-0.15, -0.1) is 12.4 Å². The molecule has 1 aliphatic carbocycles. The number of hydrogen-bond acceptors (Lipinski definition) is 3. The van der Waals surface area contributed by atoms with Gasteiger partial charge in [0.15, 0.2) is 0 Å². The van der Waals surface area contributed by atoms with E-state index in [-0.39, 0.29) is 12.4 Å². The van der Waals surface area contributed by atoms with E-state index in [0.717, 1.165) is 44.7 Å². The molecule has 5 heteroatoms. The Morgan fingerprint density at radius 1 is 1.19 bits per heavy atom. The molecule has 0 aromatic carbocycles. The van der Waals surface area contributed by atoms with Crippen LogP contribution < -0.4 is 5.32 Å². The highest BCUT2D eigenvalue weighted by molar-refractivity contribution is 5.85. The highest BCUT2D eigenvalue weighted by Gasteiger charge is 2.39. The molecule has 2 aliphatic heterocycles. The first kappa shape index (κ1) is 17.0. The molecule has 2 saturated heterocycles. The maximum Gasteiger partial charge on any atom is 0.223 e. The van der Waals surface area contributed by atoms with E-state index in [1.54, 1.807) is 0 Å². The minimum Gasteiger partial charge on any atom is -0.340 e. The summed E-state index contributed by atoms with van der Waals surface area (Å²) < 4.78 is 0. The molecular weight excluding hydrogens is 286 g/mol. The largest absolute Gasteiger partial charge is 0.340 e. The highest BCUT2D eigenvalue weighted by atomic mass is 35.5. The van der Waals surface area contributed by atoms with Crippen molar-refractivity contribution in [2.24, 2.45) is 5.92 Å². The number of likely N-dealkylation sites (tertiary alicyclic amines) is 1. The highest BCUT2D eigenvalue weighted by Crippen LogP contribution is 2.39. The Morgan fingerprint density at radius 2 is 1.90 bits per heavy atom. The maximum atomic E-state index is 12.3. The third kappa shape index (κ3) is 3.91. The summed E-state index contributed by atoms with van der Waals surface area (Å²) in [6.07, 6.45) is 7.64. The zero-order chi connectivity index (χ0) is 13.9. The number of piperazine rings is 1. The SMILES string of the molecule is CC1CC2CCCCC2N1CCC(=O)N1CCNCC1.Cl. The van der Waals surface area contributed by atoms with Crippen molar-refractivity contribution >= 4 is 18.3 Å². The molecule has 122 valence electrons. The van der Waals surface area contributed by atoms with Crippen LogP contribution in [0, 0.1) is 5.92 Å². The third-order valence-corrected chi connectivity index (χ3v) is 5.56. The Morgan fingerprint density at radius 3 is 2.67 bits per heavy atom. The number of halogens is 1. The van der Waals surface area contributed by atoms with E-state index in [9.17, 15) is 4.79 Å². The second kappa shape index (κ2) is 7.80. The number of hydrogen-bond donors (Lipinski definition) is 1. The predicted octanol–water partition coefficient (Wildman–Crippen LogP) is 1.88. The molecule has 0 radical (unpaired) electrons. The van der Waals surface area contributed by atoms with E-state index in [4.69, 9.17) is 0 Å². The van der Waals surface area contributed by atoms with Crippen LogP contribution in [0.15, 0.2) is 0 Å². The monoisotopic (exact) mass is 315 g/mol. The molecule has 3 unspecified atom stereocenters. The van der Waals surface area contributed by atoms with Crippen LogP contribution in [-0.4, -0.2) is 60.5 Å². The average molecular weight is 316 g/mol. The van der Waals surface area contributed by atoms with Crippen molar-refractivity contribution in [3.8, 4) is 0 Å². The molecule has 0 aromatic rings. The van der Waals surface area contributed by atoms with Gasteiger partial charge in [-0.05, 0) is 32.1 Å². The molecule has 21 heavy (non-hydrogen) atoms. The first-order chi connectivity index (χ1) is 9.75. The van der Waals surface area contributed by atoms with Crippen LogP contribution in [0.4, 0.5) is 0 Å². The van der Waals surface area contributed by atoms with Gasteiger partial charge in [0.1, 0.15) is 0 Å². The van der Waals surface area contributed by atoms with Gasteiger partial charge in [-0.25, -0.2) is 0 Å². The van der Waals surface area contributed by atoms with E-state index in [2.05, 4.69) is 17.1 Å². The number of fused-ring (bicyclic) bond motifs is 1. The first-order valence-corrected chi connectivity index (χ1v) is 8.50. The number of nitrogens with one attached hydrogen (secondary N) is 1. The molecule has 3 aliphatic rings. The summed E-state index contributed by atoms with van der Waals surface area (Å²) in [4.78, 5) is 17.0. The van der Waals surface area contributed by atoms with Gasteiger partial charge in [-0.2, -0.15) is 0 Å². The van der Waals surface area contributed by atoms with Crippen LogP contribution in [0.2, 0.25) is 0 Å². The molecule has 3 rings (SSSR count). The van der Waals surface area contributed by atoms with Crippen LogP contribution in [0.1, 0.15) is 45.4 Å². The van der Waals surface area contributed by atoms with Crippen molar-refractivity contribution in [1.82, 2.24) is 15.1 Å². The van der Waals surface area contributed by atoms with Gasteiger partial charge in [-0.3, -0.25) is 9.69 Å². The van der Waals surface area contributed by atoms with E-state index in [1.807, 2.05) is 4.90 Å². The van der Waals surface area contributed by atoms with Crippen molar-refractivity contribution < 1.29 is 4.79 Å². The number of carbonyl (C=O) groups excluding carboxylic acids is 1. The third-order valence-electron chi connectivity index (χ3n) is 5.56. The van der Waals surface area contributed by atoms with Crippen LogP contribution >= 0.6 is 12.4 Å². The van der Waals surface area contributed by atoms with Crippen molar-refractivity contribution in [2.45, 2.75) is 57.5 Å². The van der Waals surface area contributed by atoms with Gasteiger partial charge >= 0.3 is 0 Å². The van der Waals surface area contributed by atoms with Crippen LogP contribution in [-0.2, 0) is 4.79 Å². The molecule has 2 heterocycles. The lowest BCUT2D eigenvalue weighted by molar-refractivity contribution is -0.132. The molecule has 1 saturated carbocycles. The van der Waals surface area contributed by atoms with Gasteiger partial charge in [-0.1, -0.05) is 12.8 Å². The summed E-state index contributed by atoms with van der Waals surface area (Å²) in [7, 11) is 0. The van der Waals surface area contributed by atoms with E-state index in [0.29, 0.717) is 18.4 Å². The van der Waals surface area contributed by atoms with Crippen molar-refractivity contribution in [3.63, 3.8) is 0 Å². The van der Waals surface area contributed by atoms with Crippen molar-refractivity contribution in [3.05, 3.63) is 0 Å². The zero-order valence-electron chi connectivity index (χ0n) is 13.2. The predicted molar refractivity (Wildman–Crippen MR) is 87.8 cm³/mol.